The summed E-state index contributed by atoms with van der Waals surface area (Å²) in [5.41, 5.74) is 0.841. The molecule has 1 fully saturated rings. The van der Waals surface area contributed by atoms with Crippen LogP contribution in [-0.2, 0) is 4.79 Å². The lowest BCUT2D eigenvalue weighted by atomic mass is 10.1. The van der Waals surface area contributed by atoms with E-state index in [1.54, 1.807) is 17.0 Å². The molecule has 35 heavy (non-hydrogen) atoms. The third-order valence-corrected chi connectivity index (χ3v) is 6.51. The predicted octanol–water partition coefficient (Wildman–Crippen LogP) is 4.75. The van der Waals surface area contributed by atoms with Crippen molar-refractivity contribution in [2.75, 3.05) is 32.1 Å². The van der Waals surface area contributed by atoms with Crippen molar-refractivity contribution in [1.82, 2.24) is 14.9 Å². The molecule has 0 atom stereocenters. The minimum atomic E-state index is -0.693. The highest BCUT2D eigenvalue weighted by molar-refractivity contribution is 6.42. The maximum absolute atomic E-state index is 14.6. The minimum Gasteiger partial charge on any atom is -0.493 e. The average molecular weight is 521 g/mol. The smallest absolute Gasteiger partial charge is 0.251 e. The number of hydrogen-bond donors (Lipinski definition) is 2. The minimum absolute atomic E-state index is 0.108. The molecule has 1 amide bonds. The molecular formula is C24H23Cl2FN4O4. The fourth-order valence-corrected chi connectivity index (χ4v) is 4.12. The maximum Gasteiger partial charge on any atom is 0.251 e. The summed E-state index contributed by atoms with van der Waals surface area (Å²) in [6, 6.07) is 6.41. The average Bonchev–Trinajstić information content (AvgIpc) is 2.88. The van der Waals surface area contributed by atoms with Crippen LogP contribution in [0.1, 0.15) is 12.8 Å². The Morgan fingerprint density at radius 1 is 1.26 bits per heavy atom. The SMILES string of the molecule is C=C(CO)C(=O)N1CCC(Oc2cc3c(Nc4ccc(Cl)c(Cl)c4F)ncnc3cc2OC)CC1. The number of aliphatic hydroxyl groups excluding tert-OH is 1. The van der Waals surface area contributed by atoms with Gasteiger partial charge in [0.05, 0.1) is 35.0 Å². The number of methoxy groups -OCH3 is 1. The van der Waals surface area contributed by atoms with Crippen LogP contribution in [0.5, 0.6) is 11.5 Å². The third kappa shape index (κ3) is 5.27. The molecule has 0 spiro atoms. The number of carbonyl (C=O) groups is 1. The lowest BCUT2D eigenvalue weighted by molar-refractivity contribution is -0.129. The van der Waals surface area contributed by atoms with Gasteiger partial charge in [0.1, 0.15) is 18.2 Å². The number of fused-ring (bicyclic) bond motifs is 1. The monoisotopic (exact) mass is 520 g/mol. The quantitative estimate of drug-likeness (QED) is 0.342. The molecule has 2 aromatic carbocycles. The van der Waals surface area contributed by atoms with Crippen molar-refractivity contribution in [2.24, 2.45) is 0 Å². The topological polar surface area (TPSA) is 96.8 Å². The van der Waals surface area contributed by atoms with Crippen molar-refractivity contribution in [3.8, 4) is 11.5 Å². The number of rotatable bonds is 7. The number of aromatic nitrogens is 2. The fraction of sp³-hybridized carbons (Fsp3) is 0.292. The first-order chi connectivity index (χ1) is 16.8. The van der Waals surface area contributed by atoms with E-state index < -0.39 is 5.82 Å². The Labute approximate surface area is 211 Å². The molecule has 2 N–H and O–H groups in total. The summed E-state index contributed by atoms with van der Waals surface area (Å²) in [5, 5.41) is 12.6. The van der Waals surface area contributed by atoms with Crippen molar-refractivity contribution < 1.29 is 23.8 Å². The summed E-state index contributed by atoms with van der Waals surface area (Å²) in [5.74, 6) is 0.354. The lowest BCUT2D eigenvalue weighted by Crippen LogP contribution is -2.42. The predicted molar refractivity (Wildman–Crippen MR) is 132 cm³/mol. The van der Waals surface area contributed by atoms with Gasteiger partial charge in [-0.25, -0.2) is 14.4 Å². The molecule has 3 aromatic rings. The van der Waals surface area contributed by atoms with E-state index in [1.165, 1.54) is 25.6 Å². The van der Waals surface area contributed by atoms with Crippen LogP contribution in [-0.4, -0.2) is 58.8 Å². The molecule has 0 unspecified atom stereocenters. The van der Waals surface area contributed by atoms with Crippen molar-refractivity contribution in [2.45, 2.75) is 18.9 Å². The van der Waals surface area contributed by atoms with Crippen LogP contribution in [0.2, 0.25) is 10.0 Å². The van der Waals surface area contributed by atoms with Crippen molar-refractivity contribution >= 4 is 51.5 Å². The van der Waals surface area contributed by atoms with Crippen molar-refractivity contribution in [3.63, 3.8) is 0 Å². The molecule has 2 heterocycles. The number of carbonyl (C=O) groups excluding carboxylic acids is 1. The van der Waals surface area contributed by atoms with Crippen LogP contribution in [0.3, 0.4) is 0 Å². The van der Waals surface area contributed by atoms with E-state index in [0.717, 1.165) is 0 Å². The number of piperidine rings is 1. The number of benzene rings is 2. The van der Waals surface area contributed by atoms with Gasteiger partial charge in [0.15, 0.2) is 17.3 Å². The van der Waals surface area contributed by atoms with Gasteiger partial charge in [-0.2, -0.15) is 0 Å². The number of halogens is 3. The van der Waals surface area contributed by atoms with Gasteiger partial charge < -0.3 is 24.8 Å². The molecule has 11 heteroatoms. The van der Waals surface area contributed by atoms with Gasteiger partial charge in [0, 0.05) is 43.0 Å². The summed E-state index contributed by atoms with van der Waals surface area (Å²) in [7, 11) is 1.53. The first-order valence-corrected chi connectivity index (χ1v) is 11.6. The largest absolute Gasteiger partial charge is 0.493 e. The zero-order valence-electron chi connectivity index (χ0n) is 18.9. The van der Waals surface area contributed by atoms with Gasteiger partial charge in [0.25, 0.3) is 5.91 Å². The zero-order valence-corrected chi connectivity index (χ0v) is 20.4. The van der Waals surface area contributed by atoms with Gasteiger partial charge in [-0.1, -0.05) is 29.8 Å². The number of aliphatic hydroxyl groups is 1. The van der Waals surface area contributed by atoms with Crippen LogP contribution < -0.4 is 14.8 Å². The summed E-state index contributed by atoms with van der Waals surface area (Å²) in [6.07, 6.45) is 2.38. The summed E-state index contributed by atoms with van der Waals surface area (Å²) >= 11 is 11.8. The molecule has 1 aromatic heterocycles. The third-order valence-electron chi connectivity index (χ3n) is 5.73. The van der Waals surface area contributed by atoms with E-state index in [1.807, 2.05) is 0 Å². The number of likely N-dealkylation sites (tertiary alicyclic amines) is 1. The second-order valence-electron chi connectivity index (χ2n) is 7.96. The van der Waals surface area contributed by atoms with Crippen LogP contribution >= 0.6 is 23.2 Å². The van der Waals surface area contributed by atoms with Crippen molar-refractivity contribution in [1.29, 1.82) is 0 Å². The van der Waals surface area contributed by atoms with E-state index in [4.69, 9.17) is 37.8 Å². The summed E-state index contributed by atoms with van der Waals surface area (Å²) in [6.45, 7) is 4.18. The highest BCUT2D eigenvalue weighted by Gasteiger charge is 2.26. The standard InChI is InChI=1S/C24H23Cl2FN4O4/c1-13(11-32)24(33)31-7-5-14(6-8-31)35-20-9-15-18(10-19(20)34-2)28-12-29-23(15)30-17-4-3-16(25)21(26)22(17)27/h3-4,9-10,12,14,32H,1,5-8,11H2,2H3,(H,28,29,30). The number of nitrogens with one attached hydrogen (secondary N) is 1. The van der Waals surface area contributed by atoms with E-state index in [2.05, 4.69) is 21.9 Å². The van der Waals surface area contributed by atoms with Gasteiger partial charge >= 0.3 is 0 Å². The van der Waals surface area contributed by atoms with Crippen LogP contribution in [0.15, 0.2) is 42.7 Å². The molecule has 0 bridgehead atoms. The molecule has 0 aliphatic carbocycles. The highest BCUT2D eigenvalue weighted by Crippen LogP contribution is 2.37. The molecule has 4 rings (SSSR count). The second kappa shape index (κ2) is 10.6. The molecule has 0 radical (unpaired) electrons. The van der Waals surface area contributed by atoms with Crippen LogP contribution in [0.25, 0.3) is 10.9 Å². The number of ether oxygens (including phenoxy) is 2. The molecule has 1 saturated heterocycles. The van der Waals surface area contributed by atoms with Crippen LogP contribution in [0.4, 0.5) is 15.9 Å². The normalized spacial score (nSPS) is 14.1. The number of hydrogen-bond acceptors (Lipinski definition) is 7. The number of amides is 1. The van der Waals surface area contributed by atoms with E-state index in [9.17, 15) is 9.18 Å². The molecule has 0 saturated carbocycles. The first-order valence-electron chi connectivity index (χ1n) is 10.8. The van der Waals surface area contributed by atoms with Gasteiger partial charge in [0.2, 0.25) is 0 Å². The van der Waals surface area contributed by atoms with E-state index in [-0.39, 0.29) is 39.9 Å². The van der Waals surface area contributed by atoms with Gasteiger partial charge in [-0.3, -0.25) is 4.79 Å². The second-order valence-corrected chi connectivity index (χ2v) is 8.75. The number of nitrogens with zero attached hydrogens (tertiary/aromatic N) is 3. The summed E-state index contributed by atoms with van der Waals surface area (Å²) in [4.78, 5) is 22.4. The van der Waals surface area contributed by atoms with E-state index >= 15 is 0 Å². The number of anilines is 2. The maximum atomic E-state index is 14.6. The Kier molecular flexibility index (Phi) is 7.59. The fourth-order valence-electron chi connectivity index (χ4n) is 3.81. The molecule has 184 valence electrons. The van der Waals surface area contributed by atoms with Crippen LogP contribution in [0, 0.1) is 5.82 Å². The van der Waals surface area contributed by atoms with Gasteiger partial charge in [-0.05, 0) is 18.2 Å². The Morgan fingerprint density at radius 3 is 2.69 bits per heavy atom. The van der Waals surface area contributed by atoms with Gasteiger partial charge in [-0.15, -0.1) is 0 Å². The molecule has 8 nitrogen and oxygen atoms in total. The molecule has 1 aliphatic rings. The lowest BCUT2D eigenvalue weighted by Gasteiger charge is -2.32. The Balaban J connectivity index is 1.58. The Hall–Kier alpha value is -3.14. The Bertz CT molecular complexity index is 1280. The van der Waals surface area contributed by atoms with E-state index in [0.29, 0.717) is 54.2 Å². The zero-order chi connectivity index (χ0) is 25.1. The summed E-state index contributed by atoms with van der Waals surface area (Å²) < 4.78 is 26.3. The molecular weight excluding hydrogens is 498 g/mol. The van der Waals surface area contributed by atoms with Crippen molar-refractivity contribution in [3.05, 3.63) is 58.6 Å². The highest BCUT2D eigenvalue weighted by atomic mass is 35.5. The first kappa shape index (κ1) is 25.0. The molecule has 1 aliphatic heterocycles. The Morgan fingerprint density at radius 2 is 2.00 bits per heavy atom.